The second-order valence-electron chi connectivity index (χ2n) is 6.02. The predicted molar refractivity (Wildman–Crippen MR) is 87.1 cm³/mol. The largest absolute Gasteiger partial charge is 0.486 e. The third-order valence-corrected chi connectivity index (χ3v) is 4.83. The summed E-state index contributed by atoms with van der Waals surface area (Å²) >= 11 is 1.67. The smallest absolute Gasteiger partial charge is 0.325 e. The molecule has 0 saturated carbocycles. The van der Waals surface area contributed by atoms with Crippen molar-refractivity contribution in [1.82, 2.24) is 10.2 Å². The zero-order valence-corrected chi connectivity index (χ0v) is 14.1. The summed E-state index contributed by atoms with van der Waals surface area (Å²) in [6.45, 7) is 5.03. The van der Waals surface area contributed by atoms with Crippen LogP contribution in [0.15, 0.2) is 23.1 Å². The van der Waals surface area contributed by atoms with Gasteiger partial charge in [-0.2, -0.15) is 0 Å². The van der Waals surface area contributed by atoms with E-state index in [9.17, 15) is 9.59 Å². The van der Waals surface area contributed by atoms with Gasteiger partial charge in [0.05, 0.1) is 0 Å². The van der Waals surface area contributed by atoms with Crippen LogP contribution in [0.1, 0.15) is 20.3 Å². The average molecular weight is 336 g/mol. The highest BCUT2D eigenvalue weighted by atomic mass is 32.2. The van der Waals surface area contributed by atoms with Crippen LogP contribution in [-0.2, 0) is 4.79 Å². The molecule has 3 rings (SSSR count). The third kappa shape index (κ3) is 3.39. The van der Waals surface area contributed by atoms with Gasteiger partial charge in [-0.25, -0.2) is 4.79 Å². The second kappa shape index (κ2) is 6.31. The Morgan fingerprint density at radius 2 is 1.96 bits per heavy atom. The number of fused-ring (bicyclic) bond motifs is 1. The Morgan fingerprint density at radius 3 is 2.65 bits per heavy atom. The van der Waals surface area contributed by atoms with Gasteiger partial charge in [-0.05, 0) is 44.2 Å². The first kappa shape index (κ1) is 16.0. The number of nitrogens with zero attached hydrogens (tertiary/aromatic N) is 1. The van der Waals surface area contributed by atoms with E-state index in [1.165, 1.54) is 4.90 Å². The number of benzene rings is 1. The normalized spacial score (nSPS) is 19.0. The molecule has 1 saturated heterocycles. The van der Waals surface area contributed by atoms with Crippen LogP contribution in [0.5, 0.6) is 11.5 Å². The molecule has 0 unspecified atom stereocenters. The summed E-state index contributed by atoms with van der Waals surface area (Å²) in [6, 6.07) is 5.58. The number of urea groups is 1. The summed E-state index contributed by atoms with van der Waals surface area (Å²) in [5.74, 6) is 2.21. The van der Waals surface area contributed by atoms with Crippen molar-refractivity contribution < 1.29 is 19.1 Å². The summed E-state index contributed by atoms with van der Waals surface area (Å²) in [6.07, 6.45) is 0.744. The molecule has 1 aromatic carbocycles. The van der Waals surface area contributed by atoms with Gasteiger partial charge in [-0.15, -0.1) is 11.8 Å². The number of ether oxygens (including phenoxy) is 2. The zero-order chi connectivity index (χ0) is 16.4. The Bertz CT molecular complexity index is 633. The van der Waals surface area contributed by atoms with Crippen LogP contribution < -0.4 is 14.8 Å². The van der Waals surface area contributed by atoms with Crippen LogP contribution in [0.25, 0.3) is 0 Å². The second-order valence-corrected chi connectivity index (χ2v) is 7.19. The molecule has 7 heteroatoms. The van der Waals surface area contributed by atoms with E-state index in [2.05, 4.69) is 5.32 Å². The van der Waals surface area contributed by atoms with Gasteiger partial charge in [0.15, 0.2) is 11.5 Å². The Labute approximate surface area is 139 Å². The van der Waals surface area contributed by atoms with Crippen LogP contribution >= 0.6 is 11.8 Å². The highest BCUT2D eigenvalue weighted by Gasteiger charge is 2.43. The minimum atomic E-state index is -0.792. The molecule has 0 aromatic heterocycles. The number of rotatable bonds is 5. The Morgan fingerprint density at radius 1 is 1.22 bits per heavy atom. The number of carbonyl (C=O) groups is 2. The molecule has 0 bridgehead atoms. The number of amides is 3. The maximum absolute atomic E-state index is 12.1. The summed E-state index contributed by atoms with van der Waals surface area (Å²) in [4.78, 5) is 26.2. The van der Waals surface area contributed by atoms with E-state index < -0.39 is 5.54 Å². The minimum Gasteiger partial charge on any atom is -0.486 e. The minimum absolute atomic E-state index is 0.160. The van der Waals surface area contributed by atoms with Gasteiger partial charge in [0.1, 0.15) is 18.8 Å². The molecule has 0 aliphatic carbocycles. The molecule has 124 valence electrons. The van der Waals surface area contributed by atoms with Crippen LogP contribution in [0, 0.1) is 0 Å². The molecule has 0 atom stereocenters. The molecule has 3 amide bonds. The first-order chi connectivity index (χ1) is 11.0. The van der Waals surface area contributed by atoms with Crippen molar-refractivity contribution in [3.05, 3.63) is 18.2 Å². The van der Waals surface area contributed by atoms with Gasteiger partial charge in [-0.3, -0.25) is 9.69 Å². The third-order valence-electron chi connectivity index (χ3n) is 3.75. The van der Waals surface area contributed by atoms with Crippen LogP contribution in [-0.4, -0.2) is 47.9 Å². The van der Waals surface area contributed by atoms with Crippen molar-refractivity contribution in [2.75, 3.05) is 25.5 Å². The number of imide groups is 1. The van der Waals surface area contributed by atoms with Gasteiger partial charge >= 0.3 is 6.03 Å². The lowest BCUT2D eigenvalue weighted by atomic mass is 10.1. The molecule has 23 heavy (non-hydrogen) atoms. The highest BCUT2D eigenvalue weighted by molar-refractivity contribution is 7.99. The first-order valence-corrected chi connectivity index (χ1v) is 8.62. The van der Waals surface area contributed by atoms with Crippen LogP contribution in [0.3, 0.4) is 0 Å². The van der Waals surface area contributed by atoms with E-state index in [1.807, 2.05) is 18.2 Å². The summed E-state index contributed by atoms with van der Waals surface area (Å²) in [7, 11) is 0. The molecule has 2 aliphatic rings. The Kier molecular flexibility index (Phi) is 4.39. The van der Waals surface area contributed by atoms with E-state index in [-0.39, 0.29) is 11.9 Å². The fourth-order valence-electron chi connectivity index (χ4n) is 2.55. The van der Waals surface area contributed by atoms with Crippen LogP contribution in [0.4, 0.5) is 4.79 Å². The van der Waals surface area contributed by atoms with E-state index in [0.29, 0.717) is 19.8 Å². The van der Waals surface area contributed by atoms with Crippen molar-refractivity contribution in [2.24, 2.45) is 0 Å². The lowest BCUT2D eigenvalue weighted by molar-refractivity contribution is -0.130. The monoisotopic (exact) mass is 336 g/mol. The number of hydrogen-bond donors (Lipinski definition) is 1. The molecule has 6 nitrogen and oxygen atoms in total. The molecule has 1 aromatic rings. The van der Waals surface area contributed by atoms with Crippen molar-refractivity contribution in [1.29, 1.82) is 0 Å². The molecule has 0 spiro atoms. The summed E-state index contributed by atoms with van der Waals surface area (Å²) in [5, 5.41) is 2.69. The topological polar surface area (TPSA) is 67.9 Å². The van der Waals surface area contributed by atoms with Gasteiger partial charge in [0.2, 0.25) is 0 Å². The van der Waals surface area contributed by atoms with Crippen molar-refractivity contribution >= 4 is 23.7 Å². The molecule has 2 heterocycles. The van der Waals surface area contributed by atoms with E-state index >= 15 is 0 Å². The maximum atomic E-state index is 12.1. The lowest BCUT2D eigenvalue weighted by Gasteiger charge is -2.19. The number of nitrogens with one attached hydrogen (secondary N) is 1. The fourth-order valence-corrected chi connectivity index (χ4v) is 3.41. The molecular formula is C16H20N2O4S. The quantitative estimate of drug-likeness (QED) is 0.507. The maximum Gasteiger partial charge on any atom is 0.325 e. The SMILES string of the molecule is CC1(C)NC(=O)N(CCCSc2ccc3c(c2)OCCO3)C1=O. The van der Waals surface area contributed by atoms with Gasteiger partial charge < -0.3 is 14.8 Å². The standard InChI is InChI=1S/C16H20N2O4S/c1-16(2)14(19)18(15(20)17-16)6-3-9-23-11-4-5-12-13(10-11)22-8-7-21-12/h4-5,10H,3,6-9H2,1-2H3,(H,17,20). The Hall–Kier alpha value is -1.89. The van der Waals surface area contributed by atoms with E-state index in [0.717, 1.165) is 28.6 Å². The van der Waals surface area contributed by atoms with Crippen molar-refractivity contribution in [3.63, 3.8) is 0 Å². The molecule has 1 fully saturated rings. The zero-order valence-electron chi connectivity index (χ0n) is 13.3. The Balaban J connectivity index is 1.49. The summed E-state index contributed by atoms with van der Waals surface area (Å²) in [5.41, 5.74) is -0.792. The fraction of sp³-hybridized carbons (Fsp3) is 0.500. The predicted octanol–water partition coefficient (Wildman–Crippen LogP) is 2.27. The van der Waals surface area contributed by atoms with Crippen LogP contribution in [0.2, 0.25) is 0 Å². The molecule has 2 aliphatic heterocycles. The highest BCUT2D eigenvalue weighted by Crippen LogP contribution is 2.34. The first-order valence-electron chi connectivity index (χ1n) is 7.64. The van der Waals surface area contributed by atoms with Crippen molar-refractivity contribution in [2.45, 2.75) is 30.7 Å². The van der Waals surface area contributed by atoms with Gasteiger partial charge in [0.25, 0.3) is 5.91 Å². The van der Waals surface area contributed by atoms with Gasteiger partial charge in [0, 0.05) is 11.4 Å². The number of thioether (sulfide) groups is 1. The molecule has 0 radical (unpaired) electrons. The molecule has 1 N–H and O–H groups in total. The van der Waals surface area contributed by atoms with Crippen molar-refractivity contribution in [3.8, 4) is 11.5 Å². The van der Waals surface area contributed by atoms with E-state index in [4.69, 9.17) is 9.47 Å². The average Bonchev–Trinajstić information content (AvgIpc) is 2.72. The van der Waals surface area contributed by atoms with E-state index in [1.54, 1.807) is 25.6 Å². The lowest BCUT2D eigenvalue weighted by Crippen LogP contribution is -2.40. The molecular weight excluding hydrogens is 316 g/mol. The number of hydrogen-bond acceptors (Lipinski definition) is 5. The van der Waals surface area contributed by atoms with Gasteiger partial charge in [-0.1, -0.05) is 0 Å². The number of carbonyl (C=O) groups excluding carboxylic acids is 2. The summed E-state index contributed by atoms with van der Waals surface area (Å²) < 4.78 is 11.1.